The number of piperidine rings is 4. The average molecular weight is 1990 g/mol. The van der Waals surface area contributed by atoms with E-state index in [1.54, 1.807) is 35.2 Å². The summed E-state index contributed by atoms with van der Waals surface area (Å²) in [5.41, 5.74) is 23.0. The van der Waals surface area contributed by atoms with Crippen molar-refractivity contribution in [2.75, 3.05) is 174 Å². The standard InChI is InChI=1S/C30H37N7O2.C28H33FN6O.C27H32N6O3S.C27H32N6O/c1-4-28(38)32-23-6-5-7-24(19-23)33-29-22(3)20-31-30(35-29)34-27-9-8-26(18-21(27)2)36-12-10-25(11-13-36)37-14-16-39-17-15-37;1-4-26(36)31-23-6-5-7-24(17-23)32-27-20(3)18-30-28(34-27)33-25-9-8-22(16-19(25)2)21-10-13-35(14-11-21)15-12-29;1-5-25(34)29-22-7-6-8-23(16-22)30-26-19(3)17-28-27(32-26)31-24-10-9-21(15-18(24)2)20-11-13-33(14-12-20)37(4,35)36;1-5-25(34)29-22-7-6-8-23(16-22)30-26-19(3)17-28-27(32-26)31-24-10-9-21(15-18(24)2)20-11-13-33(4)14-12-20/h4-9,18-20,25H,1,10-17H2,2-3H3,(H,32,38)(H2,31,33,34,35);4-9,16-18,21H,1,10-15H2,2-3H3,(H,31,36)(H2,30,32,33,34);5-10,15-17,20H,1,11-14H2,2-4H3,(H,29,34)(H2,28,30,31,32);5-10,15-17,20H,1,11-14H2,2-4H3,(H,29,34)(H2,28,30,31,32). The maximum absolute atomic E-state index is 12.6. The number of sulfonamides is 1. The number of carbonyl (C=O) groups is 4. The van der Waals surface area contributed by atoms with Crippen LogP contribution in [-0.2, 0) is 33.9 Å². The Morgan fingerprint density at radius 3 is 0.973 bits per heavy atom. The molecule has 12 N–H and O–H groups in total. The van der Waals surface area contributed by atoms with E-state index < -0.39 is 10.0 Å². The number of amides is 4. The number of nitrogens with zero attached hydrogens (tertiary/aromatic N) is 13. The van der Waals surface area contributed by atoms with Crippen molar-refractivity contribution in [1.82, 2.24) is 58.9 Å². The fraction of sp³-hybridized carbons (Fsp3) is 0.321. The van der Waals surface area contributed by atoms with Crippen LogP contribution >= 0.6 is 0 Å². The SMILES string of the molecule is C=CC(=O)Nc1cccc(Nc2nc(Nc3ccc(C4CCN(C)CC4)cc3C)ncc2C)c1.C=CC(=O)Nc1cccc(Nc2nc(Nc3ccc(C4CCN(CCF)CC4)cc3C)ncc2C)c1.C=CC(=O)Nc1cccc(Nc2nc(Nc3ccc(C4CCN(S(C)(=O)=O)CC4)cc3C)ncc2C)c1.C=CC(=O)Nc1cccc(Nc2nc(Nc3ccc(N4CCC(N5CCOCC5)CC4)cc3C)ncc2C)c1. The van der Waals surface area contributed by atoms with Gasteiger partial charge in [-0.3, -0.25) is 24.1 Å². The van der Waals surface area contributed by atoms with Gasteiger partial charge in [0.1, 0.15) is 29.9 Å². The largest absolute Gasteiger partial charge is 0.379 e. The molecule has 4 amide bonds. The molecule has 32 nitrogen and oxygen atoms in total. The van der Waals surface area contributed by atoms with E-state index in [2.05, 4.69) is 239 Å². The number of nitrogens with one attached hydrogen (secondary N) is 12. The first-order chi connectivity index (χ1) is 70.4. The van der Waals surface area contributed by atoms with Gasteiger partial charge in [-0.15, -0.1) is 0 Å². The molecule has 0 saturated carbocycles. The zero-order valence-corrected chi connectivity index (χ0v) is 85.8. The van der Waals surface area contributed by atoms with Gasteiger partial charge < -0.3 is 83.2 Å². The Balaban J connectivity index is 0.000000154. The lowest BCUT2D eigenvalue weighted by molar-refractivity contribution is -0.112. The predicted molar refractivity (Wildman–Crippen MR) is 589 cm³/mol. The lowest BCUT2D eigenvalue weighted by Crippen LogP contribution is -2.49. The first-order valence-corrected chi connectivity index (χ1v) is 51.4. The normalized spacial score (nSPS) is 15.0. The molecule has 0 aliphatic carbocycles. The summed E-state index contributed by atoms with van der Waals surface area (Å²) < 4.78 is 43.3. The molecular weight excluding hydrogens is 1860 g/mol. The molecule has 8 aromatic carbocycles. The van der Waals surface area contributed by atoms with E-state index in [9.17, 15) is 32.0 Å². The van der Waals surface area contributed by atoms with Crippen LogP contribution in [0.5, 0.6) is 0 Å². The molecule has 0 radical (unpaired) electrons. The molecule has 17 rings (SSSR count). The smallest absolute Gasteiger partial charge is 0.247 e. The number of morpholine rings is 1. The Morgan fingerprint density at radius 2 is 0.671 bits per heavy atom. The number of aryl methyl sites for hydroxylation is 8. The van der Waals surface area contributed by atoms with E-state index >= 15 is 0 Å². The minimum atomic E-state index is -3.13. The van der Waals surface area contributed by atoms with Gasteiger partial charge in [0.25, 0.3) is 0 Å². The molecule has 5 aliphatic heterocycles. The monoisotopic (exact) mass is 1990 g/mol. The summed E-state index contributed by atoms with van der Waals surface area (Å²) in [6.45, 7) is 41.6. The topological polar surface area (TPSA) is 375 Å². The maximum atomic E-state index is 12.6. The number of hydrogen-bond acceptors (Lipinski definition) is 27. The summed E-state index contributed by atoms with van der Waals surface area (Å²) in [4.78, 5) is 92.7. The number of aromatic nitrogens is 8. The van der Waals surface area contributed by atoms with E-state index in [0.717, 1.165) is 176 Å². The molecule has 9 heterocycles. The Morgan fingerprint density at radius 1 is 0.370 bits per heavy atom. The van der Waals surface area contributed by atoms with Crippen molar-refractivity contribution in [2.45, 2.75) is 131 Å². The van der Waals surface area contributed by atoms with Crippen LogP contribution in [0.1, 0.15) is 130 Å². The van der Waals surface area contributed by atoms with Crippen LogP contribution in [0, 0.1) is 55.4 Å². The highest BCUT2D eigenvalue weighted by Gasteiger charge is 2.30. The predicted octanol–water partition coefficient (Wildman–Crippen LogP) is 21.2. The summed E-state index contributed by atoms with van der Waals surface area (Å²) in [5, 5.41) is 37.7. The van der Waals surface area contributed by atoms with Crippen LogP contribution in [0.2, 0.25) is 0 Å². The summed E-state index contributed by atoms with van der Waals surface area (Å²) >= 11 is 0. The van der Waals surface area contributed by atoms with E-state index in [-0.39, 0.29) is 30.3 Å². The molecule has 5 saturated heterocycles. The number of alkyl halides is 1. The molecule has 4 aromatic heterocycles. The molecule has 5 fully saturated rings. The highest BCUT2D eigenvalue weighted by Crippen LogP contribution is 2.39. The van der Waals surface area contributed by atoms with Crippen LogP contribution < -0.4 is 68.7 Å². The minimum absolute atomic E-state index is 0.251. The van der Waals surface area contributed by atoms with E-state index in [1.807, 2.05) is 132 Å². The van der Waals surface area contributed by atoms with E-state index in [1.165, 1.54) is 84.2 Å². The van der Waals surface area contributed by atoms with Crippen molar-refractivity contribution in [2.24, 2.45) is 0 Å². The van der Waals surface area contributed by atoms with Crippen molar-refractivity contribution in [3.63, 3.8) is 0 Å². The van der Waals surface area contributed by atoms with E-state index in [0.29, 0.717) is 113 Å². The Kier molecular flexibility index (Phi) is 37.5. The maximum Gasteiger partial charge on any atom is 0.247 e. The Labute approximate surface area is 856 Å². The number of halogens is 1. The molecule has 0 atom stereocenters. The average Bonchev–Trinajstić information content (AvgIpc) is 0.827. The third-order valence-corrected chi connectivity index (χ3v) is 27.9. The second-order valence-electron chi connectivity index (χ2n) is 37.4. The Bertz CT molecular complexity index is 6730. The summed E-state index contributed by atoms with van der Waals surface area (Å²) in [6.07, 6.45) is 21.9. The van der Waals surface area contributed by atoms with Crippen LogP contribution in [-0.4, -0.2) is 202 Å². The van der Waals surface area contributed by atoms with E-state index in [4.69, 9.17) is 9.72 Å². The quantitative estimate of drug-likeness (QED) is 0.0174. The highest BCUT2D eigenvalue weighted by molar-refractivity contribution is 7.88. The molecule has 762 valence electrons. The van der Waals surface area contributed by atoms with Crippen molar-refractivity contribution in [3.05, 3.63) is 306 Å². The molecule has 146 heavy (non-hydrogen) atoms. The lowest BCUT2D eigenvalue weighted by atomic mass is 9.88. The molecule has 0 spiro atoms. The molecule has 0 unspecified atom stereocenters. The fourth-order valence-corrected chi connectivity index (χ4v) is 19.0. The molecule has 34 heteroatoms. The first-order valence-electron chi connectivity index (χ1n) is 49.5. The lowest BCUT2D eigenvalue weighted by Gasteiger charge is -2.41. The fourth-order valence-electron chi connectivity index (χ4n) is 18.1. The number of carbonyl (C=O) groups excluding carboxylic acids is 4. The van der Waals surface area contributed by atoms with Crippen molar-refractivity contribution in [3.8, 4) is 0 Å². The van der Waals surface area contributed by atoms with Gasteiger partial charge in [0.15, 0.2) is 0 Å². The highest BCUT2D eigenvalue weighted by atomic mass is 32.2. The zero-order chi connectivity index (χ0) is 103. The molecule has 0 bridgehead atoms. The van der Waals surface area contributed by atoms with Gasteiger partial charge in [0.05, 0.1) is 19.5 Å². The zero-order valence-electron chi connectivity index (χ0n) is 84.9. The third-order valence-electron chi connectivity index (χ3n) is 26.6. The van der Waals surface area contributed by atoms with Crippen LogP contribution in [0.4, 0.5) is 125 Å². The van der Waals surface area contributed by atoms with Crippen LogP contribution in [0.3, 0.4) is 0 Å². The number of likely N-dealkylation sites (tertiary alicyclic amines) is 2. The second kappa shape index (κ2) is 51.3. The summed E-state index contributed by atoms with van der Waals surface area (Å²) in [6, 6.07) is 56.3. The molecule has 5 aliphatic rings. The van der Waals surface area contributed by atoms with Crippen molar-refractivity contribution >= 4 is 155 Å². The number of rotatable bonds is 32. The van der Waals surface area contributed by atoms with Gasteiger partial charge in [0, 0.05) is 173 Å². The number of ether oxygens (including phenoxy) is 1. The van der Waals surface area contributed by atoms with Crippen LogP contribution in [0.15, 0.2) is 245 Å². The van der Waals surface area contributed by atoms with Gasteiger partial charge in [-0.25, -0.2) is 37.0 Å². The second-order valence-corrected chi connectivity index (χ2v) is 39.4. The van der Waals surface area contributed by atoms with Crippen molar-refractivity contribution < 1.29 is 36.7 Å². The third kappa shape index (κ3) is 30.7. The van der Waals surface area contributed by atoms with Gasteiger partial charge in [-0.2, -0.15) is 19.9 Å². The van der Waals surface area contributed by atoms with Crippen LogP contribution in [0.25, 0.3) is 0 Å². The van der Waals surface area contributed by atoms with Gasteiger partial charge in [-0.05, 0) is 330 Å². The molecule has 12 aromatic rings. The summed E-state index contributed by atoms with van der Waals surface area (Å²) in [7, 11) is -0.941. The van der Waals surface area contributed by atoms with Gasteiger partial charge in [0.2, 0.25) is 57.4 Å². The number of benzene rings is 8. The minimum Gasteiger partial charge on any atom is -0.379 e. The summed E-state index contributed by atoms with van der Waals surface area (Å²) in [5.74, 6) is 5.14. The van der Waals surface area contributed by atoms with Gasteiger partial charge in [-0.1, -0.05) is 87.0 Å². The number of hydrogen-bond donors (Lipinski definition) is 12. The van der Waals surface area contributed by atoms with Gasteiger partial charge >= 0.3 is 0 Å². The number of anilines is 21. The first kappa shape index (κ1) is 107. The molecular formula is C112H134FN25O7S. The van der Waals surface area contributed by atoms with Crippen molar-refractivity contribution in [1.29, 1.82) is 0 Å². The Hall–Kier alpha value is -15.2.